The molecule has 0 unspecified atom stereocenters. The maximum Gasteiger partial charge on any atom is 0.272 e. The molecule has 8 nitrogen and oxygen atoms in total. The van der Waals surface area contributed by atoms with Crippen LogP contribution in [0.25, 0.3) is 10.2 Å². The van der Waals surface area contributed by atoms with Crippen molar-refractivity contribution < 1.29 is 4.79 Å². The van der Waals surface area contributed by atoms with E-state index in [1.807, 2.05) is 26.2 Å². The lowest BCUT2D eigenvalue weighted by molar-refractivity contribution is 0.101. The second-order valence-corrected chi connectivity index (χ2v) is 8.30. The third-order valence-corrected chi connectivity index (χ3v) is 6.12. The zero-order valence-corrected chi connectivity index (χ0v) is 17.2. The molecule has 9 heteroatoms. The molecule has 0 atom stereocenters. The minimum absolute atomic E-state index is 0.0585. The average molecular weight is 398 g/mol. The Morgan fingerprint density at radius 2 is 1.68 bits per heavy atom. The third-order valence-electron chi connectivity index (χ3n) is 5.03. The van der Waals surface area contributed by atoms with Crippen LogP contribution in [0.4, 0.5) is 11.9 Å². The summed E-state index contributed by atoms with van der Waals surface area (Å²) in [6, 6.07) is 0. The summed E-state index contributed by atoms with van der Waals surface area (Å²) in [4.78, 5) is 43.5. The molecule has 1 fully saturated rings. The monoisotopic (exact) mass is 398 g/mol. The minimum atomic E-state index is -0.107. The van der Waals surface area contributed by atoms with Crippen molar-refractivity contribution in [2.45, 2.75) is 20.8 Å². The van der Waals surface area contributed by atoms with E-state index >= 15 is 0 Å². The molecule has 146 valence electrons. The molecule has 1 aliphatic heterocycles. The molecule has 0 amide bonds. The van der Waals surface area contributed by atoms with E-state index < -0.39 is 0 Å². The number of hydrogen-bond acceptors (Lipinski definition) is 8. The first kappa shape index (κ1) is 18.5. The lowest BCUT2D eigenvalue weighted by Crippen LogP contribution is -2.48. The maximum atomic E-state index is 12.9. The summed E-state index contributed by atoms with van der Waals surface area (Å²) in [5.74, 6) is 1.26. The van der Waals surface area contributed by atoms with Crippen LogP contribution in [0.15, 0.2) is 17.2 Å². The Balaban J connectivity index is 1.65. The van der Waals surface area contributed by atoms with E-state index in [1.165, 1.54) is 18.3 Å². The summed E-state index contributed by atoms with van der Waals surface area (Å²) >= 11 is 1.34. The fourth-order valence-corrected chi connectivity index (χ4v) is 4.67. The van der Waals surface area contributed by atoms with Crippen molar-refractivity contribution in [3.63, 3.8) is 0 Å². The van der Waals surface area contributed by atoms with Crippen molar-refractivity contribution >= 4 is 39.2 Å². The number of rotatable bonds is 3. The SMILES string of the molecule is CC(=O)c1c(C)sc2c(=O)n(C)c(N3CCN(c4ncc(C)cn4)CC3)nc12. The molecular formula is C19H22N6O2S. The highest BCUT2D eigenvalue weighted by molar-refractivity contribution is 7.19. The maximum absolute atomic E-state index is 12.9. The number of aryl methyl sites for hydroxylation is 2. The van der Waals surface area contributed by atoms with Gasteiger partial charge in [0, 0.05) is 50.5 Å². The van der Waals surface area contributed by atoms with Gasteiger partial charge in [-0.25, -0.2) is 15.0 Å². The third kappa shape index (κ3) is 3.05. The Morgan fingerprint density at radius 3 is 2.29 bits per heavy atom. The summed E-state index contributed by atoms with van der Waals surface area (Å²) in [6.45, 7) is 8.21. The molecule has 0 aromatic carbocycles. The van der Waals surface area contributed by atoms with Gasteiger partial charge in [-0.1, -0.05) is 0 Å². The largest absolute Gasteiger partial charge is 0.339 e. The van der Waals surface area contributed by atoms with Gasteiger partial charge in [0.25, 0.3) is 5.56 Å². The summed E-state index contributed by atoms with van der Waals surface area (Å²) in [5, 5.41) is 0. The van der Waals surface area contributed by atoms with E-state index in [0.29, 0.717) is 34.8 Å². The van der Waals surface area contributed by atoms with Crippen molar-refractivity contribution in [1.29, 1.82) is 0 Å². The predicted molar refractivity (Wildman–Crippen MR) is 111 cm³/mol. The van der Waals surface area contributed by atoms with Crippen molar-refractivity contribution in [3.05, 3.63) is 38.8 Å². The molecule has 4 rings (SSSR count). The first-order chi connectivity index (χ1) is 13.4. The topological polar surface area (TPSA) is 84.2 Å². The molecule has 0 radical (unpaired) electrons. The van der Waals surface area contributed by atoms with Crippen molar-refractivity contribution in [1.82, 2.24) is 19.5 Å². The minimum Gasteiger partial charge on any atom is -0.339 e. The van der Waals surface area contributed by atoms with Gasteiger partial charge in [0.15, 0.2) is 5.78 Å². The van der Waals surface area contributed by atoms with Gasteiger partial charge in [-0.3, -0.25) is 14.2 Å². The lowest BCUT2D eigenvalue weighted by Gasteiger charge is -2.35. The molecular weight excluding hydrogens is 376 g/mol. The Morgan fingerprint density at radius 1 is 1.07 bits per heavy atom. The number of hydrogen-bond donors (Lipinski definition) is 0. The van der Waals surface area contributed by atoms with E-state index in [0.717, 1.165) is 29.5 Å². The number of thiophene rings is 1. The van der Waals surface area contributed by atoms with Crippen molar-refractivity contribution in [2.24, 2.45) is 7.05 Å². The molecule has 4 heterocycles. The Labute approximate surface area is 166 Å². The van der Waals surface area contributed by atoms with Gasteiger partial charge in [0.1, 0.15) is 10.2 Å². The second-order valence-electron chi connectivity index (χ2n) is 7.08. The number of ketones is 1. The Hall–Kier alpha value is -2.81. The summed E-state index contributed by atoms with van der Waals surface area (Å²) < 4.78 is 2.13. The Kier molecular flexibility index (Phi) is 4.62. The number of carbonyl (C=O) groups is 1. The van der Waals surface area contributed by atoms with Crippen LogP contribution in [-0.2, 0) is 7.05 Å². The van der Waals surface area contributed by atoms with Crippen LogP contribution >= 0.6 is 11.3 Å². The molecule has 3 aromatic rings. The highest BCUT2D eigenvalue weighted by atomic mass is 32.1. The number of aromatic nitrogens is 4. The molecule has 1 aliphatic rings. The van der Waals surface area contributed by atoms with E-state index in [2.05, 4.69) is 19.8 Å². The second kappa shape index (κ2) is 6.97. The van der Waals surface area contributed by atoms with Gasteiger partial charge < -0.3 is 9.80 Å². The lowest BCUT2D eigenvalue weighted by atomic mass is 10.1. The summed E-state index contributed by atoms with van der Waals surface area (Å²) in [5.41, 5.74) is 2.01. The predicted octanol–water partition coefficient (Wildman–Crippen LogP) is 1.93. The van der Waals surface area contributed by atoms with Crippen LogP contribution in [0.2, 0.25) is 0 Å². The quantitative estimate of drug-likeness (QED) is 0.623. The van der Waals surface area contributed by atoms with Gasteiger partial charge in [0.2, 0.25) is 11.9 Å². The van der Waals surface area contributed by atoms with Gasteiger partial charge in [-0.15, -0.1) is 11.3 Å². The van der Waals surface area contributed by atoms with Gasteiger partial charge in [-0.05, 0) is 26.3 Å². The molecule has 0 bridgehead atoms. The first-order valence-electron chi connectivity index (χ1n) is 9.16. The number of fused-ring (bicyclic) bond motifs is 1. The number of nitrogens with zero attached hydrogens (tertiary/aromatic N) is 6. The number of piperazine rings is 1. The van der Waals surface area contributed by atoms with Crippen LogP contribution in [0.3, 0.4) is 0 Å². The highest BCUT2D eigenvalue weighted by Crippen LogP contribution is 2.29. The number of anilines is 2. The van der Waals surface area contributed by atoms with Gasteiger partial charge in [0.05, 0.1) is 5.56 Å². The fourth-order valence-electron chi connectivity index (χ4n) is 3.56. The van der Waals surface area contributed by atoms with Gasteiger partial charge >= 0.3 is 0 Å². The van der Waals surface area contributed by atoms with E-state index in [4.69, 9.17) is 4.98 Å². The van der Waals surface area contributed by atoms with Crippen LogP contribution in [0, 0.1) is 13.8 Å². The van der Waals surface area contributed by atoms with Gasteiger partial charge in [-0.2, -0.15) is 0 Å². The van der Waals surface area contributed by atoms with Crippen LogP contribution in [0.1, 0.15) is 27.7 Å². The average Bonchev–Trinajstić information content (AvgIpc) is 3.02. The highest BCUT2D eigenvalue weighted by Gasteiger charge is 2.25. The van der Waals surface area contributed by atoms with E-state index in [-0.39, 0.29) is 11.3 Å². The molecule has 1 saturated heterocycles. The van der Waals surface area contributed by atoms with Crippen molar-refractivity contribution in [3.8, 4) is 0 Å². The Bertz CT molecular complexity index is 1110. The van der Waals surface area contributed by atoms with Crippen LogP contribution < -0.4 is 15.4 Å². The van der Waals surface area contributed by atoms with Crippen LogP contribution in [-0.4, -0.2) is 51.5 Å². The fraction of sp³-hybridized carbons (Fsp3) is 0.421. The first-order valence-corrected chi connectivity index (χ1v) is 9.98. The molecule has 0 aliphatic carbocycles. The van der Waals surface area contributed by atoms with Crippen LogP contribution in [0.5, 0.6) is 0 Å². The number of Topliss-reactive ketones (excluding diaryl/α,β-unsaturated/α-hetero) is 1. The molecule has 28 heavy (non-hydrogen) atoms. The molecule has 0 N–H and O–H groups in total. The summed E-state index contributed by atoms with van der Waals surface area (Å²) in [7, 11) is 1.74. The molecule has 0 saturated carbocycles. The smallest absolute Gasteiger partial charge is 0.272 e. The van der Waals surface area contributed by atoms with Crippen molar-refractivity contribution in [2.75, 3.05) is 36.0 Å². The zero-order chi connectivity index (χ0) is 20.0. The van der Waals surface area contributed by atoms with E-state index in [1.54, 1.807) is 11.6 Å². The number of carbonyl (C=O) groups excluding carboxylic acids is 1. The zero-order valence-electron chi connectivity index (χ0n) is 16.4. The van der Waals surface area contributed by atoms with E-state index in [9.17, 15) is 9.59 Å². The summed E-state index contributed by atoms with van der Waals surface area (Å²) in [6.07, 6.45) is 3.63. The normalized spacial score (nSPS) is 14.7. The molecule has 3 aromatic heterocycles. The molecule has 0 spiro atoms. The standard InChI is InChI=1S/C19H22N6O2S/c1-11-9-20-18(21-10-11)24-5-7-25(8-6-24)19-22-15-14(12(2)26)13(3)28-16(15)17(27)23(19)4/h9-10H,5-8H2,1-4H3.